The van der Waals surface area contributed by atoms with Gasteiger partial charge in [-0.15, -0.1) is 0 Å². The molecule has 2 heterocycles. The summed E-state index contributed by atoms with van der Waals surface area (Å²) >= 11 is 6.27. The second-order valence-electron chi connectivity index (χ2n) is 10.6. The van der Waals surface area contributed by atoms with Crippen LogP contribution < -0.4 is 10.6 Å². The van der Waals surface area contributed by atoms with Crippen molar-refractivity contribution in [1.29, 1.82) is 0 Å². The fraction of sp³-hybridized carbons (Fsp3) is 0.433. The van der Waals surface area contributed by atoms with E-state index in [4.69, 9.17) is 16.1 Å². The Morgan fingerprint density at radius 2 is 1.85 bits per heavy atom. The number of likely N-dealkylation sites (tertiary alicyclic amines) is 1. The summed E-state index contributed by atoms with van der Waals surface area (Å²) in [5.74, 6) is -2.59. The van der Waals surface area contributed by atoms with Crippen molar-refractivity contribution in [1.82, 2.24) is 20.7 Å². The molecule has 2 amide bonds. The van der Waals surface area contributed by atoms with Gasteiger partial charge in [0.1, 0.15) is 11.6 Å². The van der Waals surface area contributed by atoms with Gasteiger partial charge in [0.05, 0.1) is 11.5 Å². The zero-order valence-corrected chi connectivity index (χ0v) is 22.9. The van der Waals surface area contributed by atoms with Gasteiger partial charge in [-0.25, -0.2) is 8.78 Å². The summed E-state index contributed by atoms with van der Waals surface area (Å²) in [6.07, 6.45) is 7.10. The van der Waals surface area contributed by atoms with Crippen molar-refractivity contribution < 1.29 is 22.9 Å². The Labute approximate surface area is 237 Å². The number of amides is 2. The first-order chi connectivity index (χ1) is 19.4. The highest BCUT2D eigenvalue weighted by Crippen LogP contribution is 2.29. The van der Waals surface area contributed by atoms with Crippen LogP contribution in [0.15, 0.2) is 53.1 Å². The molecular weight excluding hydrogens is 538 g/mol. The monoisotopic (exact) mass is 570 g/mol. The fourth-order valence-electron chi connectivity index (χ4n) is 5.79. The maximum atomic E-state index is 14.2. The maximum Gasteiger partial charge on any atom is 0.273 e. The summed E-state index contributed by atoms with van der Waals surface area (Å²) in [4.78, 5) is 29.0. The molecule has 0 radical (unpaired) electrons. The molecule has 1 aromatic heterocycles. The molecular formula is C30H33ClF2N4O3. The molecule has 1 aliphatic heterocycles. The molecule has 2 atom stereocenters. The Morgan fingerprint density at radius 1 is 1.05 bits per heavy atom. The van der Waals surface area contributed by atoms with Crippen molar-refractivity contribution in [3.63, 3.8) is 0 Å². The standard InChI is InChI=1S/C30H33ClF2N4O3/c31-24-9-5-4-6-19(24)12-14-34-29(38)23-18-37(21-7-2-1-3-8-21)15-13-26(23)35-30(39)27-17-28(40-36-27)22-11-10-20(32)16-25(22)33/h4-6,9-11,16-17,21,23,26H,1-3,7-8,12-15,18H2,(H,34,38)(H,35,39)/t23-,26-/m1/s1. The van der Waals surface area contributed by atoms with E-state index in [2.05, 4.69) is 20.7 Å². The van der Waals surface area contributed by atoms with Gasteiger partial charge in [-0.2, -0.15) is 0 Å². The molecule has 2 N–H and O–H groups in total. The van der Waals surface area contributed by atoms with E-state index in [1.165, 1.54) is 31.4 Å². The van der Waals surface area contributed by atoms with Crippen LogP contribution in [-0.2, 0) is 11.2 Å². The number of nitrogens with zero attached hydrogens (tertiary/aromatic N) is 2. The SMILES string of the molecule is O=C(N[C@@H]1CCN(C2CCCCC2)C[C@H]1C(=O)NCCc1ccccc1Cl)c1cc(-c2ccc(F)cc2F)on1. The minimum absolute atomic E-state index is 0.00418. The molecule has 1 saturated carbocycles. The van der Waals surface area contributed by atoms with E-state index in [0.717, 1.165) is 37.1 Å². The number of piperidine rings is 1. The summed E-state index contributed by atoms with van der Waals surface area (Å²) in [6, 6.07) is 12.0. The van der Waals surface area contributed by atoms with Crippen LogP contribution >= 0.6 is 11.6 Å². The normalized spacial score (nSPS) is 20.3. The summed E-state index contributed by atoms with van der Waals surface area (Å²) in [5, 5.41) is 10.5. The Balaban J connectivity index is 1.26. The van der Waals surface area contributed by atoms with Crippen molar-refractivity contribution in [2.75, 3.05) is 19.6 Å². The zero-order valence-electron chi connectivity index (χ0n) is 22.2. The second-order valence-corrected chi connectivity index (χ2v) is 11.0. The van der Waals surface area contributed by atoms with Crippen molar-refractivity contribution in [3.8, 4) is 11.3 Å². The highest BCUT2D eigenvalue weighted by atomic mass is 35.5. The minimum Gasteiger partial charge on any atom is -0.355 e. The van der Waals surface area contributed by atoms with Crippen molar-refractivity contribution >= 4 is 23.4 Å². The maximum absolute atomic E-state index is 14.2. The topological polar surface area (TPSA) is 87.5 Å². The predicted molar refractivity (Wildman–Crippen MR) is 148 cm³/mol. The van der Waals surface area contributed by atoms with Crippen LogP contribution in [0.2, 0.25) is 5.02 Å². The molecule has 2 fully saturated rings. The third-order valence-electron chi connectivity index (χ3n) is 7.98. The third kappa shape index (κ3) is 6.70. The number of hydrogen-bond acceptors (Lipinski definition) is 5. The summed E-state index contributed by atoms with van der Waals surface area (Å²) in [6.45, 7) is 1.77. The number of carbonyl (C=O) groups excluding carboxylic acids is 2. The van der Waals surface area contributed by atoms with Gasteiger partial charge in [-0.05, 0) is 49.4 Å². The molecule has 1 aliphatic carbocycles. The van der Waals surface area contributed by atoms with Crippen LogP contribution in [0.25, 0.3) is 11.3 Å². The average Bonchev–Trinajstić information content (AvgIpc) is 3.45. The summed E-state index contributed by atoms with van der Waals surface area (Å²) in [7, 11) is 0. The van der Waals surface area contributed by atoms with Gasteiger partial charge < -0.3 is 15.2 Å². The lowest BCUT2D eigenvalue weighted by Gasteiger charge is -2.43. The summed E-state index contributed by atoms with van der Waals surface area (Å²) in [5.41, 5.74) is 0.928. The molecule has 7 nitrogen and oxygen atoms in total. The van der Waals surface area contributed by atoms with Crippen LogP contribution in [0.1, 0.15) is 54.6 Å². The lowest BCUT2D eigenvalue weighted by Crippen LogP contribution is -2.58. The number of hydrogen-bond donors (Lipinski definition) is 2. The molecule has 2 aromatic carbocycles. The first-order valence-corrected chi connectivity index (χ1v) is 14.2. The number of aromatic nitrogens is 1. The molecule has 1 saturated heterocycles. The van der Waals surface area contributed by atoms with E-state index in [9.17, 15) is 18.4 Å². The first kappa shape index (κ1) is 28.2. The highest BCUT2D eigenvalue weighted by molar-refractivity contribution is 6.31. The van der Waals surface area contributed by atoms with Crippen molar-refractivity contribution in [3.05, 3.63) is 76.4 Å². The van der Waals surface area contributed by atoms with E-state index in [1.54, 1.807) is 0 Å². The molecule has 212 valence electrons. The molecule has 3 aromatic rings. The summed E-state index contributed by atoms with van der Waals surface area (Å²) < 4.78 is 32.7. The van der Waals surface area contributed by atoms with E-state index in [-0.39, 0.29) is 22.9 Å². The molecule has 40 heavy (non-hydrogen) atoms. The van der Waals surface area contributed by atoms with Crippen LogP contribution in [0.5, 0.6) is 0 Å². The number of carbonyl (C=O) groups is 2. The van der Waals surface area contributed by atoms with Crippen LogP contribution in [0.4, 0.5) is 8.78 Å². The lowest BCUT2D eigenvalue weighted by molar-refractivity contribution is -0.128. The fourth-order valence-corrected chi connectivity index (χ4v) is 6.02. The van der Waals surface area contributed by atoms with Crippen LogP contribution in [0.3, 0.4) is 0 Å². The quantitative estimate of drug-likeness (QED) is 0.379. The molecule has 10 heteroatoms. The number of benzene rings is 2. The first-order valence-electron chi connectivity index (χ1n) is 13.9. The molecule has 2 aliphatic rings. The van der Waals surface area contributed by atoms with Gasteiger partial charge in [-0.3, -0.25) is 14.5 Å². The van der Waals surface area contributed by atoms with E-state index in [0.29, 0.717) is 37.0 Å². The largest absolute Gasteiger partial charge is 0.355 e. The Hall–Kier alpha value is -3.30. The van der Waals surface area contributed by atoms with E-state index < -0.39 is 29.5 Å². The van der Waals surface area contributed by atoms with Gasteiger partial charge in [0, 0.05) is 48.9 Å². The zero-order chi connectivity index (χ0) is 28.1. The lowest BCUT2D eigenvalue weighted by atomic mass is 9.87. The predicted octanol–water partition coefficient (Wildman–Crippen LogP) is 5.39. The van der Waals surface area contributed by atoms with E-state index >= 15 is 0 Å². The molecule has 0 spiro atoms. The average molecular weight is 571 g/mol. The minimum atomic E-state index is -0.813. The Kier molecular flexibility index (Phi) is 9.11. The van der Waals surface area contributed by atoms with Crippen molar-refractivity contribution in [2.24, 2.45) is 5.92 Å². The van der Waals surface area contributed by atoms with E-state index in [1.807, 2.05) is 24.3 Å². The smallest absolute Gasteiger partial charge is 0.273 e. The Bertz CT molecular complexity index is 1340. The highest BCUT2D eigenvalue weighted by Gasteiger charge is 2.38. The number of nitrogens with one attached hydrogen (secondary N) is 2. The van der Waals surface area contributed by atoms with Crippen molar-refractivity contribution in [2.45, 2.75) is 57.0 Å². The van der Waals surface area contributed by atoms with Gasteiger partial charge in [0.2, 0.25) is 5.91 Å². The van der Waals surface area contributed by atoms with Crippen LogP contribution in [-0.4, -0.2) is 53.6 Å². The molecule has 0 bridgehead atoms. The van der Waals surface area contributed by atoms with Crippen LogP contribution in [0, 0.1) is 17.6 Å². The molecule has 0 unspecified atom stereocenters. The van der Waals surface area contributed by atoms with Gasteiger partial charge in [0.15, 0.2) is 11.5 Å². The third-order valence-corrected chi connectivity index (χ3v) is 8.35. The molecule has 5 rings (SSSR count). The Morgan fingerprint density at radius 3 is 2.62 bits per heavy atom. The second kappa shape index (κ2) is 12.9. The number of rotatable bonds is 8. The van der Waals surface area contributed by atoms with Gasteiger partial charge >= 0.3 is 0 Å². The number of halogens is 3. The van der Waals surface area contributed by atoms with Gasteiger partial charge in [0.25, 0.3) is 5.91 Å². The van der Waals surface area contributed by atoms with Gasteiger partial charge in [-0.1, -0.05) is 54.2 Å².